The van der Waals surface area contributed by atoms with E-state index in [1.807, 2.05) is 35.2 Å². The summed E-state index contributed by atoms with van der Waals surface area (Å²) in [5.74, 6) is 2.09. The number of nitrogens with zero attached hydrogens (tertiary/aromatic N) is 4. The summed E-state index contributed by atoms with van der Waals surface area (Å²) in [5, 5.41) is 3.51. The summed E-state index contributed by atoms with van der Waals surface area (Å²) in [6, 6.07) is 14.2. The Balaban J connectivity index is 0.00000306. The number of hydrogen-bond donors (Lipinski definition) is 1. The monoisotopic (exact) mass is 567 g/mol. The van der Waals surface area contributed by atoms with Gasteiger partial charge < -0.3 is 24.3 Å². The maximum Gasteiger partial charge on any atom is 0.236 e. The topological polar surface area (TPSA) is 73.6 Å². The molecule has 2 saturated heterocycles. The molecule has 4 rings (SSSR count). The fraction of sp³-hybridized carbons (Fsp3) is 0.500. The van der Waals surface area contributed by atoms with Crippen LogP contribution in [0.1, 0.15) is 11.3 Å². The van der Waals surface area contributed by atoms with Gasteiger partial charge in [-0.15, -0.1) is 24.0 Å². The van der Waals surface area contributed by atoms with Gasteiger partial charge >= 0.3 is 0 Å². The number of ether oxygens (including phenoxy) is 1. The second-order valence-electron chi connectivity index (χ2n) is 8.14. The van der Waals surface area contributed by atoms with Gasteiger partial charge in [-0.3, -0.25) is 9.69 Å². The van der Waals surface area contributed by atoms with Crippen molar-refractivity contribution in [1.29, 1.82) is 0 Å². The maximum atomic E-state index is 12.6. The summed E-state index contributed by atoms with van der Waals surface area (Å²) in [4.78, 5) is 23.9. The molecule has 1 N–H and O–H groups in total. The van der Waals surface area contributed by atoms with Gasteiger partial charge in [0, 0.05) is 52.2 Å². The van der Waals surface area contributed by atoms with Crippen molar-refractivity contribution in [2.45, 2.75) is 13.0 Å². The first-order valence-electron chi connectivity index (χ1n) is 11.5. The van der Waals surface area contributed by atoms with Crippen LogP contribution in [-0.4, -0.2) is 92.1 Å². The van der Waals surface area contributed by atoms with E-state index < -0.39 is 0 Å². The van der Waals surface area contributed by atoms with E-state index >= 15 is 0 Å². The summed E-state index contributed by atoms with van der Waals surface area (Å²) >= 11 is 0. The quantitative estimate of drug-likeness (QED) is 0.314. The van der Waals surface area contributed by atoms with Gasteiger partial charge in [0.15, 0.2) is 5.96 Å². The van der Waals surface area contributed by atoms with Gasteiger partial charge in [0.25, 0.3) is 0 Å². The van der Waals surface area contributed by atoms with Crippen LogP contribution in [0.15, 0.2) is 58.1 Å². The number of hydrogen-bond acceptors (Lipinski definition) is 5. The maximum absolute atomic E-state index is 12.6. The predicted molar refractivity (Wildman–Crippen MR) is 139 cm³/mol. The summed E-state index contributed by atoms with van der Waals surface area (Å²) < 4.78 is 10.8. The smallest absolute Gasteiger partial charge is 0.236 e. The molecule has 0 radical (unpaired) electrons. The molecule has 0 unspecified atom stereocenters. The highest BCUT2D eigenvalue weighted by Crippen LogP contribution is 2.07. The van der Waals surface area contributed by atoms with Crippen molar-refractivity contribution in [3.63, 3.8) is 0 Å². The molecule has 1 amide bonds. The summed E-state index contributed by atoms with van der Waals surface area (Å²) in [5.41, 5.74) is 1.19. The highest BCUT2D eigenvalue weighted by molar-refractivity contribution is 14.0. The second-order valence-corrected chi connectivity index (χ2v) is 8.14. The molecular weight excluding hydrogens is 533 g/mol. The molecule has 2 aliphatic heterocycles. The SMILES string of the molecule is I.O=C(CN1CCN(C(=NCc2ccccc2)NCCc2ccco2)CC1)N1CCOCC1. The van der Waals surface area contributed by atoms with Gasteiger partial charge in [-0.25, -0.2) is 4.99 Å². The molecule has 1 aromatic heterocycles. The number of benzene rings is 1. The van der Waals surface area contributed by atoms with Crippen molar-refractivity contribution in [3.8, 4) is 0 Å². The van der Waals surface area contributed by atoms with Crippen LogP contribution in [0, 0.1) is 0 Å². The number of guanidine groups is 1. The number of carbonyl (C=O) groups is 1. The lowest BCUT2D eigenvalue weighted by Gasteiger charge is -2.37. The third-order valence-electron chi connectivity index (χ3n) is 5.88. The number of amides is 1. The largest absolute Gasteiger partial charge is 0.469 e. The Morgan fingerprint density at radius 2 is 1.70 bits per heavy atom. The molecule has 0 bridgehead atoms. The fourth-order valence-corrected chi connectivity index (χ4v) is 3.99. The van der Waals surface area contributed by atoms with E-state index in [-0.39, 0.29) is 29.9 Å². The minimum Gasteiger partial charge on any atom is -0.469 e. The molecule has 0 spiro atoms. The highest BCUT2D eigenvalue weighted by Gasteiger charge is 2.24. The molecule has 1 aromatic carbocycles. The zero-order valence-corrected chi connectivity index (χ0v) is 21.4. The molecule has 9 heteroatoms. The Kier molecular flexibility index (Phi) is 10.5. The van der Waals surface area contributed by atoms with Crippen LogP contribution in [-0.2, 0) is 22.5 Å². The van der Waals surface area contributed by atoms with E-state index in [0.29, 0.717) is 39.4 Å². The van der Waals surface area contributed by atoms with E-state index in [2.05, 4.69) is 27.2 Å². The van der Waals surface area contributed by atoms with Crippen molar-refractivity contribution >= 4 is 35.8 Å². The molecule has 180 valence electrons. The zero-order valence-electron chi connectivity index (χ0n) is 19.0. The Morgan fingerprint density at radius 3 is 2.39 bits per heavy atom. The first-order chi connectivity index (χ1) is 15.8. The van der Waals surface area contributed by atoms with Crippen LogP contribution in [0.4, 0.5) is 0 Å². The number of carbonyl (C=O) groups excluding carboxylic acids is 1. The molecular formula is C24H34IN5O3. The molecule has 33 heavy (non-hydrogen) atoms. The first-order valence-corrected chi connectivity index (χ1v) is 11.5. The minimum atomic E-state index is 0. The van der Waals surface area contributed by atoms with E-state index in [4.69, 9.17) is 14.1 Å². The number of halogens is 1. The molecule has 2 aromatic rings. The number of rotatable bonds is 7. The minimum absolute atomic E-state index is 0. The van der Waals surface area contributed by atoms with Crippen molar-refractivity contribution in [3.05, 3.63) is 60.1 Å². The third-order valence-corrected chi connectivity index (χ3v) is 5.88. The Hall–Kier alpha value is -2.11. The average Bonchev–Trinajstić information content (AvgIpc) is 3.37. The number of furan rings is 1. The van der Waals surface area contributed by atoms with Gasteiger partial charge in [-0.2, -0.15) is 0 Å². The molecule has 0 atom stereocenters. The Labute approximate surface area is 213 Å². The number of morpholine rings is 1. The summed E-state index contributed by atoms with van der Waals surface area (Å²) in [6.45, 7) is 7.96. The fourth-order valence-electron chi connectivity index (χ4n) is 3.99. The van der Waals surface area contributed by atoms with Gasteiger partial charge in [0.2, 0.25) is 5.91 Å². The summed E-state index contributed by atoms with van der Waals surface area (Å²) in [6.07, 6.45) is 2.52. The first kappa shape index (κ1) is 25.5. The third kappa shape index (κ3) is 8.01. The van der Waals surface area contributed by atoms with Gasteiger partial charge in [0.05, 0.1) is 32.6 Å². The van der Waals surface area contributed by atoms with Crippen LogP contribution >= 0.6 is 24.0 Å². The second kappa shape index (κ2) is 13.6. The van der Waals surface area contributed by atoms with Crippen LogP contribution < -0.4 is 5.32 Å². The Bertz CT molecular complexity index is 848. The number of piperazine rings is 1. The van der Waals surface area contributed by atoms with Gasteiger partial charge in [-0.1, -0.05) is 30.3 Å². The number of nitrogens with one attached hydrogen (secondary N) is 1. The lowest BCUT2D eigenvalue weighted by atomic mass is 10.2. The summed E-state index contributed by atoms with van der Waals surface area (Å²) in [7, 11) is 0. The lowest BCUT2D eigenvalue weighted by molar-refractivity contribution is -0.136. The van der Waals surface area contributed by atoms with E-state index in [1.165, 1.54) is 5.56 Å². The number of aliphatic imine (C=N–C) groups is 1. The van der Waals surface area contributed by atoms with Crippen LogP contribution in [0.25, 0.3) is 0 Å². The van der Waals surface area contributed by atoms with Crippen LogP contribution in [0.2, 0.25) is 0 Å². The van der Waals surface area contributed by atoms with Gasteiger partial charge in [0.1, 0.15) is 5.76 Å². The average molecular weight is 567 g/mol. The highest BCUT2D eigenvalue weighted by atomic mass is 127. The van der Waals surface area contributed by atoms with E-state index in [0.717, 1.165) is 50.9 Å². The normalized spacial score (nSPS) is 17.5. The molecule has 2 fully saturated rings. The molecule has 3 heterocycles. The van der Waals surface area contributed by atoms with E-state index in [9.17, 15) is 4.79 Å². The van der Waals surface area contributed by atoms with Crippen molar-refractivity contribution in [1.82, 2.24) is 20.0 Å². The Morgan fingerprint density at radius 1 is 0.939 bits per heavy atom. The van der Waals surface area contributed by atoms with Crippen molar-refractivity contribution in [2.24, 2.45) is 4.99 Å². The molecule has 0 saturated carbocycles. The van der Waals surface area contributed by atoms with E-state index in [1.54, 1.807) is 6.26 Å². The van der Waals surface area contributed by atoms with Crippen LogP contribution in [0.5, 0.6) is 0 Å². The zero-order chi connectivity index (χ0) is 22.0. The standard InChI is InChI=1S/C24H33N5O3.HI/c30-23(28-14-17-31-18-15-28)20-27-10-12-29(13-11-27)24(25-9-8-22-7-4-16-32-22)26-19-21-5-2-1-3-6-21;/h1-7,16H,8-15,17-20H2,(H,25,26);1H. The van der Waals surface area contributed by atoms with Crippen molar-refractivity contribution < 1.29 is 13.9 Å². The van der Waals surface area contributed by atoms with Gasteiger partial charge in [-0.05, 0) is 17.7 Å². The van der Waals surface area contributed by atoms with Crippen molar-refractivity contribution in [2.75, 3.05) is 65.6 Å². The lowest BCUT2D eigenvalue weighted by Crippen LogP contribution is -2.55. The molecule has 8 nitrogen and oxygen atoms in total. The predicted octanol–water partition coefficient (Wildman–Crippen LogP) is 2.06. The van der Waals surface area contributed by atoms with Crippen LogP contribution in [0.3, 0.4) is 0 Å². The molecule has 2 aliphatic rings. The molecule has 0 aliphatic carbocycles.